The van der Waals surface area contributed by atoms with Gasteiger partial charge in [0.25, 0.3) is 0 Å². The number of methoxy groups -OCH3 is 1. The number of carbonyl (C=O) groups is 1. The van der Waals surface area contributed by atoms with Crippen LogP contribution in [0.25, 0.3) is 0 Å². The van der Waals surface area contributed by atoms with Crippen molar-refractivity contribution in [3.63, 3.8) is 0 Å². The first-order chi connectivity index (χ1) is 10.3. The third kappa shape index (κ3) is 5.36. The van der Waals surface area contributed by atoms with Crippen LogP contribution >= 0.6 is 0 Å². The molecule has 5 nitrogen and oxygen atoms in total. The van der Waals surface area contributed by atoms with Crippen LogP contribution in [-0.2, 0) is 20.8 Å². The molecule has 1 N–H and O–H groups in total. The van der Waals surface area contributed by atoms with Crippen LogP contribution in [0.1, 0.15) is 24.8 Å². The minimum atomic E-state index is -0.292. The maximum atomic E-state index is 12.0. The lowest BCUT2D eigenvalue weighted by Crippen LogP contribution is -2.37. The van der Waals surface area contributed by atoms with Crippen LogP contribution in [0.4, 0.5) is 0 Å². The van der Waals surface area contributed by atoms with E-state index >= 15 is 0 Å². The van der Waals surface area contributed by atoms with E-state index in [-0.39, 0.29) is 12.0 Å². The average Bonchev–Trinajstić information content (AvgIpc) is 2.54. The standard InChI is InChI=1S/C16H23NO4/c1-19-9-10-20-14-6-4-5-13(11-14)12-17-16(18)15-7-2-3-8-21-15/h4-6,11,15H,2-3,7-10,12H2,1H3,(H,17,18). The third-order valence-electron chi connectivity index (χ3n) is 3.39. The van der Waals surface area contributed by atoms with E-state index in [0.717, 1.165) is 30.6 Å². The minimum absolute atomic E-state index is 0.0274. The number of rotatable bonds is 7. The Bertz CT molecular complexity index is 444. The van der Waals surface area contributed by atoms with E-state index < -0.39 is 0 Å². The van der Waals surface area contributed by atoms with Crippen molar-refractivity contribution in [2.24, 2.45) is 0 Å². The summed E-state index contributed by atoms with van der Waals surface area (Å²) in [5.41, 5.74) is 1.01. The molecule has 1 aliphatic rings. The van der Waals surface area contributed by atoms with E-state index in [1.165, 1.54) is 0 Å². The quantitative estimate of drug-likeness (QED) is 0.780. The Morgan fingerprint density at radius 1 is 1.38 bits per heavy atom. The summed E-state index contributed by atoms with van der Waals surface area (Å²) in [5.74, 6) is 0.758. The Morgan fingerprint density at radius 2 is 2.29 bits per heavy atom. The molecule has 0 aromatic heterocycles. The molecule has 1 aromatic rings. The van der Waals surface area contributed by atoms with Gasteiger partial charge in [-0.05, 0) is 37.0 Å². The zero-order valence-corrected chi connectivity index (χ0v) is 12.5. The normalized spacial score (nSPS) is 18.2. The van der Waals surface area contributed by atoms with Gasteiger partial charge in [-0.25, -0.2) is 0 Å². The Labute approximate surface area is 125 Å². The predicted octanol–water partition coefficient (Wildman–Crippen LogP) is 1.90. The molecule has 0 aliphatic carbocycles. The molecule has 1 heterocycles. The van der Waals surface area contributed by atoms with Crippen molar-refractivity contribution in [1.29, 1.82) is 0 Å². The largest absolute Gasteiger partial charge is 0.491 e. The van der Waals surface area contributed by atoms with E-state index in [1.807, 2.05) is 24.3 Å². The molecular formula is C16H23NO4. The third-order valence-corrected chi connectivity index (χ3v) is 3.39. The first-order valence-electron chi connectivity index (χ1n) is 7.39. The van der Waals surface area contributed by atoms with Crippen molar-refractivity contribution < 1.29 is 19.0 Å². The van der Waals surface area contributed by atoms with Crippen molar-refractivity contribution in [1.82, 2.24) is 5.32 Å². The van der Waals surface area contributed by atoms with Crippen molar-refractivity contribution in [2.75, 3.05) is 26.9 Å². The van der Waals surface area contributed by atoms with Gasteiger partial charge in [0.2, 0.25) is 5.91 Å². The van der Waals surface area contributed by atoms with Crippen molar-refractivity contribution in [2.45, 2.75) is 31.9 Å². The van der Waals surface area contributed by atoms with Gasteiger partial charge < -0.3 is 19.5 Å². The Morgan fingerprint density at radius 3 is 3.05 bits per heavy atom. The Kier molecular flexibility index (Phi) is 6.50. The molecule has 0 bridgehead atoms. The molecule has 1 aromatic carbocycles. The van der Waals surface area contributed by atoms with Gasteiger partial charge in [-0.1, -0.05) is 12.1 Å². The Hall–Kier alpha value is -1.59. The maximum Gasteiger partial charge on any atom is 0.249 e. The van der Waals surface area contributed by atoms with Gasteiger partial charge in [0, 0.05) is 20.3 Å². The fraction of sp³-hybridized carbons (Fsp3) is 0.562. The highest BCUT2D eigenvalue weighted by molar-refractivity contribution is 5.80. The summed E-state index contributed by atoms with van der Waals surface area (Å²) in [5, 5.41) is 2.92. The summed E-state index contributed by atoms with van der Waals surface area (Å²) in [4.78, 5) is 12.0. The van der Waals surface area contributed by atoms with E-state index in [0.29, 0.717) is 26.4 Å². The summed E-state index contributed by atoms with van der Waals surface area (Å²) in [7, 11) is 1.64. The minimum Gasteiger partial charge on any atom is -0.491 e. The second kappa shape index (κ2) is 8.64. The zero-order valence-electron chi connectivity index (χ0n) is 12.5. The fourth-order valence-corrected chi connectivity index (χ4v) is 2.24. The van der Waals surface area contributed by atoms with Gasteiger partial charge in [-0.3, -0.25) is 4.79 Å². The first-order valence-corrected chi connectivity index (χ1v) is 7.39. The molecule has 1 fully saturated rings. The number of nitrogens with one attached hydrogen (secondary N) is 1. The lowest BCUT2D eigenvalue weighted by atomic mass is 10.1. The molecule has 21 heavy (non-hydrogen) atoms. The number of hydrogen-bond acceptors (Lipinski definition) is 4. The molecule has 1 amide bonds. The smallest absolute Gasteiger partial charge is 0.249 e. The lowest BCUT2D eigenvalue weighted by molar-refractivity contribution is -0.135. The van der Waals surface area contributed by atoms with Gasteiger partial charge in [0.1, 0.15) is 18.5 Å². The highest BCUT2D eigenvalue weighted by Crippen LogP contribution is 2.15. The van der Waals surface area contributed by atoms with Gasteiger partial charge in [0.05, 0.1) is 6.61 Å². The fourth-order valence-electron chi connectivity index (χ4n) is 2.24. The van der Waals surface area contributed by atoms with Crippen LogP contribution in [0.3, 0.4) is 0 Å². The Balaban J connectivity index is 1.79. The number of amides is 1. The molecule has 5 heteroatoms. The molecule has 0 saturated carbocycles. The van der Waals surface area contributed by atoms with Gasteiger partial charge in [-0.15, -0.1) is 0 Å². The predicted molar refractivity (Wildman–Crippen MR) is 79.3 cm³/mol. The summed E-state index contributed by atoms with van der Waals surface area (Å²) in [6.07, 6.45) is 2.62. The van der Waals surface area contributed by atoms with Crippen LogP contribution in [-0.4, -0.2) is 38.9 Å². The monoisotopic (exact) mass is 293 g/mol. The molecule has 0 radical (unpaired) electrons. The first kappa shape index (κ1) is 15.8. The van der Waals surface area contributed by atoms with Crippen molar-refractivity contribution >= 4 is 5.91 Å². The van der Waals surface area contributed by atoms with Gasteiger partial charge >= 0.3 is 0 Å². The molecule has 116 valence electrons. The molecule has 0 spiro atoms. The number of hydrogen-bond donors (Lipinski definition) is 1. The van der Waals surface area contributed by atoms with Crippen molar-refractivity contribution in [3.05, 3.63) is 29.8 Å². The summed E-state index contributed by atoms with van der Waals surface area (Å²) in [6.45, 7) is 2.24. The van der Waals surface area contributed by atoms with Crippen molar-refractivity contribution in [3.8, 4) is 5.75 Å². The van der Waals surface area contributed by atoms with Gasteiger partial charge in [0.15, 0.2) is 0 Å². The number of benzene rings is 1. The van der Waals surface area contributed by atoms with E-state index in [1.54, 1.807) is 7.11 Å². The van der Waals surface area contributed by atoms with Crippen LogP contribution < -0.4 is 10.1 Å². The lowest BCUT2D eigenvalue weighted by Gasteiger charge is -2.21. The molecule has 1 atom stereocenters. The highest BCUT2D eigenvalue weighted by Gasteiger charge is 2.21. The van der Waals surface area contributed by atoms with Gasteiger partial charge in [-0.2, -0.15) is 0 Å². The summed E-state index contributed by atoms with van der Waals surface area (Å²) >= 11 is 0. The van der Waals surface area contributed by atoms with Crippen LogP contribution in [0.15, 0.2) is 24.3 Å². The molecule has 2 rings (SSSR count). The number of ether oxygens (including phenoxy) is 3. The molecule has 1 unspecified atom stereocenters. The molecular weight excluding hydrogens is 270 g/mol. The van der Waals surface area contributed by atoms with Crippen LogP contribution in [0.2, 0.25) is 0 Å². The number of carbonyl (C=O) groups excluding carboxylic acids is 1. The van der Waals surface area contributed by atoms with Crippen LogP contribution in [0.5, 0.6) is 5.75 Å². The maximum absolute atomic E-state index is 12.0. The highest BCUT2D eigenvalue weighted by atomic mass is 16.5. The van der Waals surface area contributed by atoms with E-state index in [2.05, 4.69) is 5.32 Å². The summed E-state index contributed by atoms with van der Waals surface area (Å²) in [6, 6.07) is 7.70. The average molecular weight is 293 g/mol. The van der Waals surface area contributed by atoms with E-state index in [9.17, 15) is 4.79 Å². The second-order valence-corrected chi connectivity index (χ2v) is 5.06. The molecule has 1 aliphatic heterocycles. The summed E-state index contributed by atoms with van der Waals surface area (Å²) < 4.78 is 16.0. The second-order valence-electron chi connectivity index (χ2n) is 5.06. The zero-order chi connectivity index (χ0) is 14.9. The van der Waals surface area contributed by atoms with E-state index in [4.69, 9.17) is 14.2 Å². The topological polar surface area (TPSA) is 56.8 Å². The van der Waals surface area contributed by atoms with Crippen LogP contribution in [0, 0.1) is 0 Å². The molecule has 1 saturated heterocycles. The SMILES string of the molecule is COCCOc1cccc(CNC(=O)C2CCCCO2)c1.